The van der Waals surface area contributed by atoms with Crippen molar-refractivity contribution >= 4 is 17.2 Å². The third kappa shape index (κ3) is 3.66. The molecule has 0 aliphatic carbocycles. The molecule has 0 aromatic carbocycles. The number of carbonyl (C=O) groups excluding carboxylic acids is 1. The van der Waals surface area contributed by atoms with Crippen LogP contribution in [-0.4, -0.2) is 27.2 Å². The Morgan fingerprint density at radius 1 is 1.45 bits per heavy atom. The normalized spacial score (nSPS) is 10.9. The van der Waals surface area contributed by atoms with Gasteiger partial charge in [-0.1, -0.05) is 13.8 Å². The van der Waals surface area contributed by atoms with E-state index < -0.39 is 0 Å². The van der Waals surface area contributed by atoms with Crippen molar-refractivity contribution in [2.45, 2.75) is 33.1 Å². The summed E-state index contributed by atoms with van der Waals surface area (Å²) >= 11 is 1.56. The molecule has 0 aliphatic heterocycles. The molecule has 0 spiro atoms. The van der Waals surface area contributed by atoms with Crippen LogP contribution in [0.1, 0.15) is 32.4 Å². The molecule has 2 heterocycles. The average Bonchev–Trinajstić information content (AvgIpc) is 3.10. The summed E-state index contributed by atoms with van der Waals surface area (Å²) in [4.78, 5) is 16.3. The molecular formula is C14H20N4OS. The van der Waals surface area contributed by atoms with E-state index >= 15 is 0 Å². The van der Waals surface area contributed by atoms with Gasteiger partial charge in [-0.3, -0.25) is 4.79 Å². The lowest BCUT2D eigenvalue weighted by Crippen LogP contribution is -2.31. The van der Waals surface area contributed by atoms with Crippen LogP contribution in [0.5, 0.6) is 0 Å². The first-order valence-corrected chi connectivity index (χ1v) is 7.84. The summed E-state index contributed by atoms with van der Waals surface area (Å²) in [5, 5.41) is 10.0. The van der Waals surface area contributed by atoms with Crippen LogP contribution in [-0.2, 0) is 11.2 Å². The molecule has 0 radical (unpaired) electrons. The maximum absolute atomic E-state index is 11.8. The van der Waals surface area contributed by atoms with E-state index in [1.807, 2.05) is 31.5 Å². The van der Waals surface area contributed by atoms with Gasteiger partial charge in [-0.25, -0.2) is 9.67 Å². The molecule has 20 heavy (non-hydrogen) atoms. The SMILES string of the molecule is CCC(CC)C(=O)NCCc1csc(-n2cccn2)n1. The smallest absolute Gasteiger partial charge is 0.223 e. The minimum absolute atomic E-state index is 0.130. The number of nitrogens with zero attached hydrogens (tertiary/aromatic N) is 3. The highest BCUT2D eigenvalue weighted by Crippen LogP contribution is 2.14. The fourth-order valence-electron chi connectivity index (χ4n) is 2.02. The zero-order chi connectivity index (χ0) is 14.4. The van der Waals surface area contributed by atoms with E-state index in [2.05, 4.69) is 15.4 Å². The summed E-state index contributed by atoms with van der Waals surface area (Å²) in [6.45, 7) is 4.73. The molecule has 5 nitrogen and oxygen atoms in total. The quantitative estimate of drug-likeness (QED) is 0.852. The summed E-state index contributed by atoms with van der Waals surface area (Å²) in [5.74, 6) is 0.280. The lowest BCUT2D eigenvalue weighted by molar-refractivity contribution is -0.125. The van der Waals surface area contributed by atoms with E-state index in [9.17, 15) is 4.79 Å². The van der Waals surface area contributed by atoms with Gasteiger partial charge in [-0.15, -0.1) is 11.3 Å². The summed E-state index contributed by atoms with van der Waals surface area (Å²) in [5.41, 5.74) is 0.991. The van der Waals surface area contributed by atoms with Crippen LogP contribution in [0.15, 0.2) is 23.8 Å². The Hall–Kier alpha value is -1.69. The van der Waals surface area contributed by atoms with E-state index in [0.717, 1.165) is 30.1 Å². The first-order valence-electron chi connectivity index (χ1n) is 6.96. The lowest BCUT2D eigenvalue weighted by atomic mass is 10.0. The number of amides is 1. The number of rotatable bonds is 7. The van der Waals surface area contributed by atoms with Crippen molar-refractivity contribution in [1.82, 2.24) is 20.1 Å². The largest absolute Gasteiger partial charge is 0.355 e. The number of aromatic nitrogens is 3. The minimum atomic E-state index is 0.130. The first-order chi connectivity index (χ1) is 9.74. The van der Waals surface area contributed by atoms with E-state index in [-0.39, 0.29) is 11.8 Å². The second-order valence-electron chi connectivity index (χ2n) is 4.63. The van der Waals surface area contributed by atoms with Gasteiger partial charge in [-0.05, 0) is 18.9 Å². The minimum Gasteiger partial charge on any atom is -0.355 e. The van der Waals surface area contributed by atoms with Crippen molar-refractivity contribution in [2.75, 3.05) is 6.54 Å². The number of thiazole rings is 1. The lowest BCUT2D eigenvalue weighted by Gasteiger charge is -2.11. The van der Waals surface area contributed by atoms with E-state index in [1.54, 1.807) is 22.2 Å². The van der Waals surface area contributed by atoms with Crippen LogP contribution in [0.3, 0.4) is 0 Å². The van der Waals surface area contributed by atoms with Crippen LogP contribution in [0.4, 0.5) is 0 Å². The first kappa shape index (κ1) is 14.7. The van der Waals surface area contributed by atoms with E-state index in [0.29, 0.717) is 6.54 Å². The Morgan fingerprint density at radius 3 is 2.90 bits per heavy atom. The van der Waals surface area contributed by atoms with Gasteiger partial charge in [0.25, 0.3) is 0 Å². The Labute approximate surface area is 123 Å². The predicted octanol–water partition coefficient (Wildman–Crippen LogP) is 2.42. The summed E-state index contributed by atoms with van der Waals surface area (Å²) in [7, 11) is 0. The zero-order valence-corrected chi connectivity index (χ0v) is 12.7. The highest BCUT2D eigenvalue weighted by Gasteiger charge is 2.13. The molecule has 6 heteroatoms. The van der Waals surface area contributed by atoms with Gasteiger partial charge in [0.2, 0.25) is 11.0 Å². The van der Waals surface area contributed by atoms with E-state index in [4.69, 9.17) is 0 Å². The number of hydrogen-bond donors (Lipinski definition) is 1. The molecule has 0 atom stereocenters. The van der Waals surface area contributed by atoms with Crippen molar-refractivity contribution in [3.05, 3.63) is 29.5 Å². The molecule has 0 bridgehead atoms. The molecule has 2 aromatic rings. The van der Waals surface area contributed by atoms with E-state index in [1.165, 1.54) is 0 Å². The second-order valence-corrected chi connectivity index (χ2v) is 5.46. The fraction of sp³-hybridized carbons (Fsp3) is 0.500. The van der Waals surface area contributed by atoms with Gasteiger partial charge in [0, 0.05) is 36.7 Å². The van der Waals surface area contributed by atoms with Crippen LogP contribution in [0.2, 0.25) is 0 Å². The van der Waals surface area contributed by atoms with Gasteiger partial charge in [0.05, 0.1) is 5.69 Å². The monoisotopic (exact) mass is 292 g/mol. The molecule has 0 aliphatic rings. The Balaban J connectivity index is 1.82. The Bertz CT molecular complexity index is 531. The third-order valence-electron chi connectivity index (χ3n) is 3.28. The average molecular weight is 292 g/mol. The second kappa shape index (κ2) is 7.19. The highest BCUT2D eigenvalue weighted by molar-refractivity contribution is 7.12. The molecule has 0 saturated heterocycles. The molecule has 0 unspecified atom stereocenters. The number of carbonyl (C=O) groups is 1. The van der Waals surface area contributed by atoms with Gasteiger partial charge >= 0.3 is 0 Å². The Kier molecular flexibility index (Phi) is 5.29. The van der Waals surface area contributed by atoms with Crippen molar-refractivity contribution in [1.29, 1.82) is 0 Å². The van der Waals surface area contributed by atoms with Gasteiger partial charge in [-0.2, -0.15) is 5.10 Å². The Morgan fingerprint density at radius 2 is 2.25 bits per heavy atom. The standard InChI is InChI=1S/C14H20N4OS/c1-3-11(4-2)13(19)15-8-6-12-10-20-14(17-12)18-9-5-7-16-18/h5,7,9-11H,3-4,6,8H2,1-2H3,(H,15,19). The number of nitrogens with one attached hydrogen (secondary N) is 1. The number of hydrogen-bond acceptors (Lipinski definition) is 4. The molecular weight excluding hydrogens is 272 g/mol. The molecule has 1 N–H and O–H groups in total. The third-order valence-corrected chi connectivity index (χ3v) is 4.16. The zero-order valence-electron chi connectivity index (χ0n) is 11.9. The fourth-order valence-corrected chi connectivity index (χ4v) is 2.81. The van der Waals surface area contributed by atoms with Crippen LogP contribution in [0.25, 0.3) is 5.13 Å². The van der Waals surface area contributed by atoms with Gasteiger partial charge < -0.3 is 5.32 Å². The van der Waals surface area contributed by atoms with Gasteiger partial charge in [0.1, 0.15) is 0 Å². The molecule has 1 amide bonds. The molecule has 108 valence electrons. The predicted molar refractivity (Wildman–Crippen MR) is 80.0 cm³/mol. The van der Waals surface area contributed by atoms with Crippen LogP contribution in [0, 0.1) is 5.92 Å². The molecule has 0 fully saturated rings. The van der Waals surface area contributed by atoms with Crippen molar-refractivity contribution < 1.29 is 4.79 Å². The molecule has 2 rings (SSSR count). The molecule has 2 aromatic heterocycles. The highest BCUT2D eigenvalue weighted by atomic mass is 32.1. The van der Waals surface area contributed by atoms with Crippen LogP contribution >= 0.6 is 11.3 Å². The summed E-state index contributed by atoms with van der Waals surface area (Å²) in [6, 6.07) is 1.87. The summed E-state index contributed by atoms with van der Waals surface area (Å²) in [6.07, 6.45) is 6.14. The maximum atomic E-state index is 11.8. The van der Waals surface area contributed by atoms with Crippen molar-refractivity contribution in [3.63, 3.8) is 0 Å². The summed E-state index contributed by atoms with van der Waals surface area (Å²) < 4.78 is 1.75. The maximum Gasteiger partial charge on any atom is 0.223 e. The topological polar surface area (TPSA) is 59.8 Å². The van der Waals surface area contributed by atoms with Crippen molar-refractivity contribution in [3.8, 4) is 5.13 Å². The van der Waals surface area contributed by atoms with Gasteiger partial charge in [0.15, 0.2) is 0 Å². The van der Waals surface area contributed by atoms with Crippen molar-refractivity contribution in [2.24, 2.45) is 5.92 Å². The molecule has 0 saturated carbocycles. The van der Waals surface area contributed by atoms with Crippen LogP contribution < -0.4 is 5.32 Å².